The largest absolute Gasteiger partial charge is 0.381 e. The maximum atomic E-state index is 10.6. The minimum Gasteiger partial charge on any atom is -0.381 e. The molecule has 0 unspecified atom stereocenters. The van der Waals surface area contributed by atoms with Gasteiger partial charge in [-0.05, 0) is 43.4 Å². The Morgan fingerprint density at radius 3 is 2.73 bits per heavy atom. The predicted octanol–water partition coefficient (Wildman–Crippen LogP) is 3.62. The van der Waals surface area contributed by atoms with Gasteiger partial charge in [0.25, 0.3) is 0 Å². The third-order valence-corrected chi connectivity index (χ3v) is 3.96. The van der Waals surface area contributed by atoms with Crippen LogP contribution >= 0.6 is 7.60 Å². The second-order valence-electron chi connectivity index (χ2n) is 5.16. The summed E-state index contributed by atoms with van der Waals surface area (Å²) >= 11 is 0. The fourth-order valence-electron chi connectivity index (χ4n) is 1.76. The Kier molecular flexibility index (Phi) is 8.28. The van der Waals surface area contributed by atoms with Crippen molar-refractivity contribution in [2.45, 2.75) is 26.2 Å². The first-order valence-corrected chi connectivity index (χ1v) is 9.08. The summed E-state index contributed by atoms with van der Waals surface area (Å²) in [5.74, 6) is 0. The molecule has 0 atom stereocenters. The molecular formula is C16H24NO4P. The first-order chi connectivity index (χ1) is 10.4. The van der Waals surface area contributed by atoms with E-state index in [2.05, 4.69) is 11.6 Å². The molecule has 5 nitrogen and oxygen atoms in total. The molecule has 0 radical (unpaired) electrons. The molecular weight excluding hydrogens is 301 g/mol. The summed E-state index contributed by atoms with van der Waals surface area (Å²) in [7, 11) is -3.87. The molecule has 1 aromatic carbocycles. The van der Waals surface area contributed by atoms with Gasteiger partial charge in [0.15, 0.2) is 0 Å². The summed E-state index contributed by atoms with van der Waals surface area (Å²) in [6.45, 7) is 6.98. The maximum Gasteiger partial charge on any atom is 0.325 e. The van der Waals surface area contributed by atoms with Crippen LogP contribution < -0.4 is 0 Å². The third kappa shape index (κ3) is 8.90. The zero-order valence-electron chi connectivity index (χ0n) is 12.9. The first kappa shape index (κ1) is 18.8. The lowest BCUT2D eigenvalue weighted by atomic mass is 10.2. The summed E-state index contributed by atoms with van der Waals surface area (Å²) < 4.78 is 16.1. The Morgan fingerprint density at radius 1 is 1.32 bits per heavy atom. The molecule has 0 aromatic heterocycles. The number of unbranched alkanes of at least 4 members (excludes halogenated alkanes) is 1. The van der Waals surface area contributed by atoms with Gasteiger partial charge in [0, 0.05) is 19.0 Å². The Balaban J connectivity index is 2.14. The fourth-order valence-corrected chi connectivity index (χ4v) is 2.40. The Morgan fingerprint density at radius 2 is 2.05 bits per heavy atom. The standard InChI is InChI=1S/C16H24NO4P/c1-14(13-17-16-8-4-3-7-15(16)2)9-11-21-10-5-6-12-22(18,19)20/h3-4,7-8,13H,1,5-6,9-12H2,2H3,(H2,18,19,20). The molecule has 0 bridgehead atoms. The maximum absolute atomic E-state index is 10.6. The zero-order chi connectivity index (χ0) is 16.4. The smallest absolute Gasteiger partial charge is 0.325 e. The van der Waals surface area contributed by atoms with Crippen molar-refractivity contribution in [2.75, 3.05) is 19.4 Å². The number of rotatable bonds is 10. The fraction of sp³-hybridized carbons (Fsp3) is 0.438. The van der Waals surface area contributed by atoms with E-state index in [0.29, 0.717) is 32.5 Å². The summed E-state index contributed by atoms with van der Waals surface area (Å²) in [6.07, 6.45) is 3.48. The van der Waals surface area contributed by atoms with Crippen molar-refractivity contribution in [3.63, 3.8) is 0 Å². The molecule has 0 amide bonds. The Bertz CT molecular complexity index is 551. The van der Waals surface area contributed by atoms with Crippen molar-refractivity contribution < 1.29 is 19.1 Å². The van der Waals surface area contributed by atoms with E-state index < -0.39 is 7.60 Å². The van der Waals surface area contributed by atoms with Gasteiger partial charge in [-0.15, -0.1) is 0 Å². The molecule has 0 spiro atoms. The van der Waals surface area contributed by atoms with Crippen molar-refractivity contribution in [3.05, 3.63) is 42.0 Å². The molecule has 0 fully saturated rings. The van der Waals surface area contributed by atoms with Gasteiger partial charge in [-0.2, -0.15) is 0 Å². The summed E-state index contributed by atoms with van der Waals surface area (Å²) in [5, 5.41) is 0. The molecule has 1 aromatic rings. The van der Waals surface area contributed by atoms with E-state index in [9.17, 15) is 4.57 Å². The molecule has 1 rings (SSSR count). The van der Waals surface area contributed by atoms with E-state index in [-0.39, 0.29) is 6.16 Å². The lowest BCUT2D eigenvalue weighted by molar-refractivity contribution is 0.135. The Labute approximate surface area is 131 Å². The van der Waals surface area contributed by atoms with Crippen LogP contribution in [0.15, 0.2) is 41.4 Å². The number of para-hydroxylation sites is 1. The molecule has 0 aliphatic carbocycles. The number of benzene rings is 1. The monoisotopic (exact) mass is 325 g/mol. The first-order valence-electron chi connectivity index (χ1n) is 7.28. The highest BCUT2D eigenvalue weighted by Gasteiger charge is 2.10. The van der Waals surface area contributed by atoms with Gasteiger partial charge in [-0.25, -0.2) is 0 Å². The molecule has 22 heavy (non-hydrogen) atoms. The average molecular weight is 325 g/mol. The summed E-state index contributed by atoms with van der Waals surface area (Å²) in [5.41, 5.74) is 2.94. The van der Waals surface area contributed by atoms with Crippen molar-refractivity contribution in [1.29, 1.82) is 0 Å². The summed E-state index contributed by atoms with van der Waals surface area (Å²) in [6, 6.07) is 7.89. The minimum atomic E-state index is -3.87. The lowest BCUT2D eigenvalue weighted by Crippen LogP contribution is -2.00. The van der Waals surface area contributed by atoms with Gasteiger partial charge in [-0.1, -0.05) is 24.8 Å². The van der Waals surface area contributed by atoms with Gasteiger partial charge in [0.1, 0.15) is 0 Å². The van der Waals surface area contributed by atoms with Crippen molar-refractivity contribution >= 4 is 19.5 Å². The van der Waals surface area contributed by atoms with Gasteiger partial charge in [0.2, 0.25) is 0 Å². The summed E-state index contributed by atoms with van der Waals surface area (Å²) in [4.78, 5) is 21.8. The molecule has 0 aliphatic heterocycles. The quantitative estimate of drug-likeness (QED) is 0.391. The van der Waals surface area contributed by atoms with Crippen molar-refractivity contribution in [2.24, 2.45) is 4.99 Å². The normalized spacial score (nSPS) is 12.0. The SMILES string of the molecule is C=C(C=Nc1ccccc1C)CCOCCCCP(=O)(O)O. The van der Waals surface area contributed by atoms with Gasteiger partial charge >= 0.3 is 7.60 Å². The van der Waals surface area contributed by atoms with Crippen LogP contribution in [0.3, 0.4) is 0 Å². The predicted molar refractivity (Wildman–Crippen MR) is 90.1 cm³/mol. The number of nitrogens with zero attached hydrogens (tertiary/aromatic N) is 1. The molecule has 6 heteroatoms. The third-order valence-electron chi connectivity index (χ3n) is 3.06. The van der Waals surface area contributed by atoms with E-state index >= 15 is 0 Å². The highest BCUT2D eigenvalue weighted by Crippen LogP contribution is 2.35. The molecule has 0 saturated carbocycles. The molecule has 0 saturated heterocycles. The van der Waals surface area contributed by atoms with Crippen LogP contribution in [0, 0.1) is 6.92 Å². The van der Waals surface area contributed by atoms with Crippen LogP contribution in [-0.4, -0.2) is 35.4 Å². The van der Waals surface area contributed by atoms with Crippen molar-refractivity contribution in [1.82, 2.24) is 0 Å². The van der Waals surface area contributed by atoms with Crippen molar-refractivity contribution in [3.8, 4) is 0 Å². The molecule has 122 valence electrons. The molecule has 0 aliphatic rings. The zero-order valence-corrected chi connectivity index (χ0v) is 13.8. The number of aliphatic imine (C=N–C) groups is 1. The van der Waals surface area contributed by atoms with E-state index in [1.54, 1.807) is 6.21 Å². The number of aryl methyl sites for hydroxylation is 1. The number of hydrogen-bond donors (Lipinski definition) is 2. The number of hydrogen-bond acceptors (Lipinski definition) is 3. The highest BCUT2D eigenvalue weighted by molar-refractivity contribution is 7.51. The van der Waals surface area contributed by atoms with Crippen LogP contribution in [0.1, 0.15) is 24.8 Å². The Hall–Kier alpha value is -1.26. The van der Waals surface area contributed by atoms with Gasteiger partial charge in [0.05, 0.1) is 12.3 Å². The average Bonchev–Trinajstić information content (AvgIpc) is 2.44. The van der Waals surface area contributed by atoms with Crippen LogP contribution in [0.25, 0.3) is 0 Å². The molecule has 0 heterocycles. The van der Waals surface area contributed by atoms with Gasteiger partial charge in [-0.3, -0.25) is 9.56 Å². The lowest BCUT2D eigenvalue weighted by Gasteiger charge is -2.05. The van der Waals surface area contributed by atoms with E-state index in [1.807, 2.05) is 31.2 Å². The number of ether oxygens (including phenoxy) is 1. The second-order valence-corrected chi connectivity index (χ2v) is 6.94. The topological polar surface area (TPSA) is 79.1 Å². The van der Waals surface area contributed by atoms with E-state index in [1.165, 1.54) is 0 Å². The second kappa shape index (κ2) is 9.70. The van der Waals surface area contributed by atoms with Crippen LogP contribution in [0.4, 0.5) is 5.69 Å². The highest BCUT2D eigenvalue weighted by atomic mass is 31.2. The van der Waals surface area contributed by atoms with Crippen LogP contribution in [0.2, 0.25) is 0 Å². The van der Waals surface area contributed by atoms with Crippen LogP contribution in [0.5, 0.6) is 0 Å². The van der Waals surface area contributed by atoms with E-state index in [4.69, 9.17) is 14.5 Å². The minimum absolute atomic E-state index is 0.0772. The van der Waals surface area contributed by atoms with Crippen LogP contribution in [-0.2, 0) is 9.30 Å². The molecule has 2 N–H and O–H groups in total. The van der Waals surface area contributed by atoms with E-state index in [0.717, 1.165) is 16.8 Å². The van der Waals surface area contributed by atoms with Gasteiger partial charge < -0.3 is 14.5 Å².